The summed E-state index contributed by atoms with van der Waals surface area (Å²) < 4.78 is 7.51. The Kier molecular flexibility index (Phi) is 5.01. The van der Waals surface area contributed by atoms with E-state index in [0.717, 1.165) is 44.2 Å². The summed E-state index contributed by atoms with van der Waals surface area (Å²) >= 11 is 0. The van der Waals surface area contributed by atoms with Crippen LogP contribution in [0.2, 0.25) is 0 Å². The normalized spacial score (nSPS) is 22.4. The molecule has 25 heavy (non-hydrogen) atoms. The Balaban J connectivity index is 1.45. The summed E-state index contributed by atoms with van der Waals surface area (Å²) in [6.07, 6.45) is 3.15. The Morgan fingerprint density at radius 2 is 2.00 bits per heavy atom. The van der Waals surface area contributed by atoms with Gasteiger partial charge in [-0.05, 0) is 24.6 Å². The maximum Gasteiger partial charge on any atom is 0.144 e. The number of aromatic nitrogens is 2. The predicted molar refractivity (Wildman–Crippen MR) is 98.2 cm³/mol. The lowest BCUT2D eigenvalue weighted by Gasteiger charge is -2.32. The van der Waals surface area contributed by atoms with Gasteiger partial charge in [-0.2, -0.15) is 5.10 Å². The third-order valence-corrected chi connectivity index (χ3v) is 5.34. The number of para-hydroxylation sites is 2. The van der Waals surface area contributed by atoms with E-state index >= 15 is 0 Å². The minimum Gasteiger partial charge on any atom is -0.494 e. The van der Waals surface area contributed by atoms with Crippen LogP contribution < -0.4 is 10.1 Å². The molecule has 0 radical (unpaired) electrons. The lowest BCUT2D eigenvalue weighted by molar-refractivity contribution is 0.170. The zero-order valence-corrected chi connectivity index (χ0v) is 14.9. The van der Waals surface area contributed by atoms with Crippen molar-refractivity contribution in [1.82, 2.24) is 24.9 Å². The van der Waals surface area contributed by atoms with E-state index in [0.29, 0.717) is 6.04 Å². The summed E-state index contributed by atoms with van der Waals surface area (Å²) in [6, 6.07) is 10.9. The first-order chi connectivity index (χ1) is 12.3. The standard InChI is InChI=1S/C19H27N5O/c1-25-19-5-3-2-4-18(19)24-17(6-8-21-24)15-22-11-7-16(14-22)23-12-9-20-10-13-23/h2-6,8,16,20H,7,9-15H2,1H3. The molecule has 3 heterocycles. The van der Waals surface area contributed by atoms with Gasteiger partial charge in [-0.3, -0.25) is 9.80 Å². The molecule has 6 heteroatoms. The molecule has 134 valence electrons. The monoisotopic (exact) mass is 341 g/mol. The Morgan fingerprint density at radius 3 is 2.84 bits per heavy atom. The van der Waals surface area contributed by atoms with Crippen LogP contribution in [-0.4, -0.2) is 72.0 Å². The molecule has 0 saturated carbocycles. The number of rotatable bonds is 5. The van der Waals surface area contributed by atoms with Gasteiger partial charge >= 0.3 is 0 Å². The zero-order chi connectivity index (χ0) is 17.1. The summed E-state index contributed by atoms with van der Waals surface area (Å²) in [5.74, 6) is 0.854. The van der Waals surface area contributed by atoms with Crippen LogP contribution in [0.25, 0.3) is 5.69 Å². The second-order valence-electron chi connectivity index (χ2n) is 6.87. The fourth-order valence-electron chi connectivity index (χ4n) is 4.00. The first kappa shape index (κ1) is 16.6. The third kappa shape index (κ3) is 3.56. The molecule has 2 aliphatic rings. The molecular formula is C19H27N5O. The molecule has 1 aromatic heterocycles. The molecule has 1 unspecified atom stereocenters. The van der Waals surface area contributed by atoms with Crippen LogP contribution >= 0.6 is 0 Å². The van der Waals surface area contributed by atoms with Gasteiger partial charge in [0.05, 0.1) is 12.8 Å². The number of hydrogen-bond acceptors (Lipinski definition) is 5. The highest BCUT2D eigenvalue weighted by atomic mass is 16.5. The summed E-state index contributed by atoms with van der Waals surface area (Å²) in [4.78, 5) is 5.20. The topological polar surface area (TPSA) is 45.6 Å². The molecule has 2 aromatic rings. The van der Waals surface area contributed by atoms with Crippen molar-refractivity contribution in [1.29, 1.82) is 0 Å². The molecular weight excluding hydrogens is 314 g/mol. The van der Waals surface area contributed by atoms with E-state index in [-0.39, 0.29) is 0 Å². The highest BCUT2D eigenvalue weighted by Crippen LogP contribution is 2.24. The summed E-state index contributed by atoms with van der Waals surface area (Å²) in [5, 5.41) is 7.98. The molecule has 2 fully saturated rings. The molecule has 1 atom stereocenters. The van der Waals surface area contributed by atoms with Crippen molar-refractivity contribution in [2.45, 2.75) is 19.0 Å². The maximum atomic E-state index is 5.50. The van der Waals surface area contributed by atoms with Crippen LogP contribution in [0.3, 0.4) is 0 Å². The van der Waals surface area contributed by atoms with Gasteiger partial charge in [0.15, 0.2) is 0 Å². The summed E-state index contributed by atoms with van der Waals surface area (Å²) in [5.41, 5.74) is 2.22. The van der Waals surface area contributed by atoms with Crippen LogP contribution in [-0.2, 0) is 6.54 Å². The second-order valence-corrected chi connectivity index (χ2v) is 6.87. The van der Waals surface area contributed by atoms with Crippen molar-refractivity contribution in [3.63, 3.8) is 0 Å². The molecule has 2 saturated heterocycles. The lowest BCUT2D eigenvalue weighted by atomic mass is 10.2. The van der Waals surface area contributed by atoms with Gasteiger partial charge < -0.3 is 10.1 Å². The number of hydrogen-bond donors (Lipinski definition) is 1. The Hall–Kier alpha value is -1.89. The third-order valence-electron chi connectivity index (χ3n) is 5.34. The van der Waals surface area contributed by atoms with E-state index in [1.54, 1.807) is 7.11 Å². The largest absolute Gasteiger partial charge is 0.494 e. The minimum atomic E-state index is 0.699. The van der Waals surface area contributed by atoms with Crippen molar-refractivity contribution >= 4 is 0 Å². The molecule has 0 amide bonds. The average Bonchev–Trinajstić information content (AvgIpc) is 3.32. The molecule has 0 bridgehead atoms. The number of benzene rings is 1. The average molecular weight is 341 g/mol. The van der Waals surface area contributed by atoms with Crippen molar-refractivity contribution in [2.75, 3.05) is 46.4 Å². The lowest BCUT2D eigenvalue weighted by Crippen LogP contribution is -2.49. The predicted octanol–water partition coefficient (Wildman–Crippen LogP) is 1.36. The molecule has 1 aromatic carbocycles. The van der Waals surface area contributed by atoms with E-state index in [4.69, 9.17) is 4.74 Å². The van der Waals surface area contributed by atoms with Crippen molar-refractivity contribution < 1.29 is 4.74 Å². The van der Waals surface area contributed by atoms with Gasteiger partial charge in [0, 0.05) is 58.1 Å². The van der Waals surface area contributed by atoms with E-state index in [1.165, 1.54) is 25.2 Å². The quantitative estimate of drug-likeness (QED) is 0.890. The Labute approximate surface area is 149 Å². The van der Waals surface area contributed by atoms with Crippen LogP contribution in [0, 0.1) is 0 Å². The van der Waals surface area contributed by atoms with Crippen molar-refractivity contribution in [2.24, 2.45) is 0 Å². The number of methoxy groups -OCH3 is 1. The molecule has 4 rings (SSSR count). The SMILES string of the molecule is COc1ccccc1-n1nccc1CN1CCC(N2CCNCC2)C1. The zero-order valence-electron chi connectivity index (χ0n) is 14.9. The Morgan fingerprint density at radius 1 is 1.16 bits per heavy atom. The van der Waals surface area contributed by atoms with Crippen LogP contribution in [0.4, 0.5) is 0 Å². The minimum absolute atomic E-state index is 0.699. The number of nitrogens with one attached hydrogen (secondary N) is 1. The van der Waals surface area contributed by atoms with Gasteiger partial charge in [0.25, 0.3) is 0 Å². The molecule has 2 aliphatic heterocycles. The van der Waals surface area contributed by atoms with Gasteiger partial charge in [-0.15, -0.1) is 0 Å². The van der Waals surface area contributed by atoms with Gasteiger partial charge in [-0.1, -0.05) is 12.1 Å². The molecule has 0 spiro atoms. The van der Waals surface area contributed by atoms with Gasteiger partial charge in [0.2, 0.25) is 0 Å². The molecule has 6 nitrogen and oxygen atoms in total. The van der Waals surface area contributed by atoms with E-state index in [2.05, 4.69) is 32.3 Å². The number of piperazine rings is 1. The Bertz CT molecular complexity index is 695. The molecule has 0 aliphatic carbocycles. The van der Waals surface area contributed by atoms with Crippen molar-refractivity contribution in [3.05, 3.63) is 42.2 Å². The van der Waals surface area contributed by atoms with Gasteiger partial charge in [0.1, 0.15) is 11.4 Å². The highest BCUT2D eigenvalue weighted by molar-refractivity contribution is 5.46. The summed E-state index contributed by atoms with van der Waals surface area (Å²) in [7, 11) is 1.71. The van der Waals surface area contributed by atoms with E-state index in [1.807, 2.05) is 29.1 Å². The maximum absolute atomic E-state index is 5.50. The number of likely N-dealkylation sites (tertiary alicyclic amines) is 1. The smallest absolute Gasteiger partial charge is 0.144 e. The molecule has 1 N–H and O–H groups in total. The van der Waals surface area contributed by atoms with E-state index in [9.17, 15) is 0 Å². The number of nitrogens with zero attached hydrogens (tertiary/aromatic N) is 4. The van der Waals surface area contributed by atoms with Crippen LogP contribution in [0.1, 0.15) is 12.1 Å². The van der Waals surface area contributed by atoms with Crippen molar-refractivity contribution in [3.8, 4) is 11.4 Å². The first-order valence-corrected chi connectivity index (χ1v) is 9.18. The number of ether oxygens (including phenoxy) is 1. The van der Waals surface area contributed by atoms with Gasteiger partial charge in [-0.25, -0.2) is 4.68 Å². The fourth-order valence-corrected chi connectivity index (χ4v) is 4.00. The van der Waals surface area contributed by atoms with E-state index < -0.39 is 0 Å². The van der Waals surface area contributed by atoms with Crippen LogP contribution in [0.15, 0.2) is 36.5 Å². The highest BCUT2D eigenvalue weighted by Gasteiger charge is 2.28. The van der Waals surface area contributed by atoms with Crippen LogP contribution in [0.5, 0.6) is 5.75 Å². The summed E-state index contributed by atoms with van der Waals surface area (Å²) in [6.45, 7) is 7.84. The fraction of sp³-hybridized carbons (Fsp3) is 0.526. The second kappa shape index (κ2) is 7.56. The first-order valence-electron chi connectivity index (χ1n) is 9.18.